The summed E-state index contributed by atoms with van der Waals surface area (Å²) < 4.78 is 10.9. The van der Waals surface area contributed by atoms with Crippen LogP contribution in [0.5, 0.6) is 0 Å². The van der Waals surface area contributed by atoms with Gasteiger partial charge in [0.1, 0.15) is 20.3 Å². The van der Waals surface area contributed by atoms with Crippen molar-refractivity contribution in [3.05, 3.63) is 0 Å². The Bertz CT molecular complexity index is 228. The zero-order chi connectivity index (χ0) is 15.5. The lowest BCUT2D eigenvalue weighted by atomic mass is 10.4. The lowest BCUT2D eigenvalue weighted by Gasteiger charge is -2.20. The van der Waals surface area contributed by atoms with Crippen LogP contribution in [-0.4, -0.2) is 85.2 Å². The molecule has 2 heterocycles. The van der Waals surface area contributed by atoms with Crippen molar-refractivity contribution in [2.75, 3.05) is 39.8 Å². The molecule has 2 rings (SSSR count). The summed E-state index contributed by atoms with van der Waals surface area (Å²) in [5.74, 6) is 0. The highest BCUT2D eigenvalue weighted by Gasteiger charge is 2.25. The number of rotatable bonds is 3. The van der Waals surface area contributed by atoms with Crippen LogP contribution in [0.1, 0.15) is 20.8 Å². The number of ether oxygens (including phenoxy) is 2. The zero-order valence-corrected chi connectivity index (χ0v) is 13.3. The van der Waals surface area contributed by atoms with E-state index in [-0.39, 0.29) is 11.6 Å². The third-order valence-corrected chi connectivity index (χ3v) is 2.85. The maximum atomic E-state index is 8.24. The summed E-state index contributed by atoms with van der Waals surface area (Å²) >= 11 is 0. The van der Waals surface area contributed by atoms with Crippen molar-refractivity contribution in [1.29, 1.82) is 0 Å². The zero-order valence-electron chi connectivity index (χ0n) is 13.3. The van der Waals surface area contributed by atoms with Crippen molar-refractivity contribution in [3.8, 4) is 0 Å². The molecule has 0 bridgehead atoms. The molecule has 0 aliphatic carbocycles. The number of aliphatic hydroxyl groups excluding tert-OH is 1. The molecule has 2 aliphatic rings. The lowest BCUT2D eigenvalue weighted by Crippen LogP contribution is -2.35. The normalized spacial score (nSPS) is 26.9. The number of hydrogen-bond acceptors (Lipinski definition) is 7. The second-order valence-corrected chi connectivity index (χ2v) is 5.15. The van der Waals surface area contributed by atoms with Crippen molar-refractivity contribution < 1.29 is 24.9 Å². The van der Waals surface area contributed by atoms with Crippen LogP contribution in [-0.2, 0) is 14.3 Å². The molecule has 128 valence electrons. The number of aliphatic hydroxyl groups is 1. The van der Waals surface area contributed by atoms with Gasteiger partial charge in [-0.3, -0.25) is 9.80 Å². The molecule has 3 unspecified atom stereocenters. The van der Waals surface area contributed by atoms with Gasteiger partial charge in [-0.15, -0.1) is 0 Å². The second kappa shape index (κ2) is 13.1. The Balaban J connectivity index is 0. The van der Waals surface area contributed by atoms with E-state index in [4.69, 9.17) is 25.1 Å². The van der Waals surface area contributed by atoms with Crippen molar-refractivity contribution in [3.63, 3.8) is 0 Å². The Morgan fingerprint density at radius 3 is 1.71 bits per heavy atom. The summed E-state index contributed by atoms with van der Waals surface area (Å²) in [6, 6.07) is 0. The molecule has 2 aliphatic heterocycles. The van der Waals surface area contributed by atoms with Crippen LogP contribution < -0.4 is 5.73 Å². The molecule has 0 aromatic heterocycles. The highest BCUT2D eigenvalue weighted by molar-refractivity contribution is 5.10. The van der Waals surface area contributed by atoms with Crippen molar-refractivity contribution >= 4 is 6.79 Å². The highest BCUT2D eigenvalue weighted by atomic mass is 16.5. The Morgan fingerprint density at radius 1 is 1.19 bits per heavy atom. The van der Waals surface area contributed by atoms with Crippen molar-refractivity contribution in [2.45, 2.75) is 39.1 Å². The average molecular weight is 309 g/mol. The van der Waals surface area contributed by atoms with Gasteiger partial charge >= 0.3 is 0 Å². The SMILES string of the molecule is C=O.CC(O)CN.CC1CN(CN2COC(C)C2)CO1.O. The van der Waals surface area contributed by atoms with E-state index in [2.05, 4.69) is 23.6 Å². The summed E-state index contributed by atoms with van der Waals surface area (Å²) in [5.41, 5.74) is 4.92. The van der Waals surface area contributed by atoms with Crippen molar-refractivity contribution in [2.24, 2.45) is 5.73 Å². The molecule has 3 atom stereocenters. The minimum Gasteiger partial charge on any atom is -0.412 e. The summed E-state index contributed by atoms with van der Waals surface area (Å²) in [4.78, 5) is 12.6. The molecule has 21 heavy (non-hydrogen) atoms. The Kier molecular flexibility index (Phi) is 14.1. The third-order valence-electron chi connectivity index (χ3n) is 2.85. The van der Waals surface area contributed by atoms with E-state index < -0.39 is 0 Å². The topological polar surface area (TPSA) is 120 Å². The molecule has 0 radical (unpaired) electrons. The van der Waals surface area contributed by atoms with Gasteiger partial charge in [0.15, 0.2) is 0 Å². The van der Waals surface area contributed by atoms with Gasteiger partial charge in [-0.2, -0.15) is 0 Å². The molecular formula is C13H31N3O5. The molecule has 5 N–H and O–H groups in total. The largest absolute Gasteiger partial charge is 0.412 e. The minimum absolute atomic E-state index is 0. The monoisotopic (exact) mass is 309 g/mol. The molecule has 2 fully saturated rings. The first-order valence-corrected chi connectivity index (χ1v) is 6.86. The standard InChI is InChI=1S/C9H18N2O2.C3H9NO.CH2O.H2O/c1-8-3-10(6-12-8)5-11-4-9(2)13-7-11;1-3(5)2-4;1-2;/h8-9H,3-7H2,1-2H3;3,5H,2,4H2,1H3;1H2;1H2. The first kappa shape index (κ1) is 22.7. The van der Waals surface area contributed by atoms with Gasteiger partial charge in [0.25, 0.3) is 0 Å². The van der Waals surface area contributed by atoms with Crippen LogP contribution in [0.15, 0.2) is 0 Å². The summed E-state index contributed by atoms with van der Waals surface area (Å²) in [6.45, 7) is 12.9. The number of hydrogen-bond donors (Lipinski definition) is 2. The second-order valence-electron chi connectivity index (χ2n) is 5.15. The van der Waals surface area contributed by atoms with Gasteiger partial charge in [-0.25, -0.2) is 0 Å². The van der Waals surface area contributed by atoms with Gasteiger partial charge < -0.3 is 30.6 Å². The summed E-state index contributed by atoms with van der Waals surface area (Å²) in [7, 11) is 0. The van der Waals surface area contributed by atoms with Gasteiger partial charge in [0.05, 0.1) is 25.0 Å². The van der Waals surface area contributed by atoms with E-state index in [1.54, 1.807) is 6.92 Å². The highest BCUT2D eigenvalue weighted by Crippen LogP contribution is 2.12. The molecule has 8 nitrogen and oxygen atoms in total. The molecular weight excluding hydrogens is 278 g/mol. The van der Waals surface area contributed by atoms with Gasteiger partial charge in [-0.05, 0) is 20.8 Å². The van der Waals surface area contributed by atoms with E-state index in [0.29, 0.717) is 18.8 Å². The molecule has 0 aromatic carbocycles. The van der Waals surface area contributed by atoms with E-state index in [1.807, 2.05) is 6.79 Å². The molecule has 0 spiro atoms. The predicted octanol–water partition coefficient (Wildman–Crippen LogP) is -1.38. The smallest absolute Gasteiger partial charge is 0.106 e. The Labute approximate surface area is 127 Å². The fourth-order valence-corrected chi connectivity index (χ4v) is 1.88. The molecule has 2 saturated heterocycles. The van der Waals surface area contributed by atoms with Crippen molar-refractivity contribution in [1.82, 2.24) is 9.80 Å². The number of nitrogens with two attached hydrogens (primary N) is 1. The quantitative estimate of drug-likeness (QED) is 0.659. The summed E-state index contributed by atoms with van der Waals surface area (Å²) in [5, 5.41) is 8.24. The van der Waals surface area contributed by atoms with Crippen LogP contribution in [0.2, 0.25) is 0 Å². The molecule has 8 heteroatoms. The average Bonchev–Trinajstić information content (AvgIpc) is 3.02. The van der Waals surface area contributed by atoms with Gasteiger partial charge in [0, 0.05) is 19.6 Å². The Morgan fingerprint density at radius 2 is 1.52 bits per heavy atom. The van der Waals surface area contributed by atoms with Gasteiger partial charge in [0.2, 0.25) is 0 Å². The summed E-state index contributed by atoms with van der Waals surface area (Å²) in [6.07, 6.45) is 0.442. The van der Waals surface area contributed by atoms with E-state index in [9.17, 15) is 0 Å². The Hall–Kier alpha value is -0.610. The number of carbonyl (C=O) groups is 1. The van der Waals surface area contributed by atoms with E-state index in [0.717, 1.165) is 33.2 Å². The first-order chi connectivity index (χ1) is 9.51. The number of carbonyl (C=O) groups excluding carboxylic acids is 1. The van der Waals surface area contributed by atoms with Gasteiger partial charge in [-0.1, -0.05) is 0 Å². The number of nitrogens with zero attached hydrogens (tertiary/aromatic N) is 2. The maximum absolute atomic E-state index is 8.24. The third kappa shape index (κ3) is 10.7. The van der Waals surface area contributed by atoms with Crippen LogP contribution in [0, 0.1) is 0 Å². The van der Waals surface area contributed by atoms with Crippen LogP contribution in [0.3, 0.4) is 0 Å². The van der Waals surface area contributed by atoms with E-state index in [1.165, 1.54) is 0 Å². The van der Waals surface area contributed by atoms with E-state index >= 15 is 0 Å². The van der Waals surface area contributed by atoms with Crippen LogP contribution in [0.4, 0.5) is 0 Å². The fraction of sp³-hybridized carbons (Fsp3) is 0.923. The lowest BCUT2D eigenvalue weighted by molar-refractivity contribution is -0.0980. The van der Waals surface area contributed by atoms with Crippen LogP contribution >= 0.6 is 0 Å². The minimum atomic E-state index is -0.338. The molecule has 0 amide bonds. The van der Waals surface area contributed by atoms with Crippen LogP contribution in [0.25, 0.3) is 0 Å². The predicted molar refractivity (Wildman–Crippen MR) is 80.6 cm³/mol. The fourth-order valence-electron chi connectivity index (χ4n) is 1.88. The first-order valence-electron chi connectivity index (χ1n) is 6.86. The molecule has 0 saturated carbocycles. The maximum Gasteiger partial charge on any atom is 0.106 e. The molecule has 0 aromatic rings.